The minimum Gasteiger partial charge on any atom is -0.466 e. The fourth-order valence-electron chi connectivity index (χ4n) is 3.97. The van der Waals surface area contributed by atoms with Gasteiger partial charge < -0.3 is 19.7 Å². The summed E-state index contributed by atoms with van der Waals surface area (Å²) in [5.74, 6) is 1.19. The van der Waals surface area contributed by atoms with E-state index in [-0.39, 0.29) is 12.3 Å². The molecule has 0 aromatic heterocycles. The van der Waals surface area contributed by atoms with E-state index in [4.69, 9.17) is 9.47 Å². The Morgan fingerprint density at radius 1 is 1.11 bits per heavy atom. The Hall–Kier alpha value is -3.52. The number of rotatable bonds is 8. The number of esters is 1. The summed E-state index contributed by atoms with van der Waals surface area (Å²) in [7, 11) is 1.36. The highest BCUT2D eigenvalue weighted by Gasteiger charge is 2.41. The highest BCUT2D eigenvalue weighted by atomic mass is 32.2. The van der Waals surface area contributed by atoms with Crippen molar-refractivity contribution in [3.05, 3.63) is 82.5 Å². The van der Waals surface area contributed by atoms with Gasteiger partial charge in [-0.05, 0) is 48.1 Å². The molecule has 0 aliphatic carbocycles. The summed E-state index contributed by atoms with van der Waals surface area (Å²) in [4.78, 5) is 32.2. The Labute approximate surface area is 209 Å². The number of methoxy groups -OCH3 is 1. The molecule has 0 saturated heterocycles. The van der Waals surface area contributed by atoms with Crippen LogP contribution in [0.5, 0.6) is 11.5 Å². The molecule has 2 aromatic carbocycles. The van der Waals surface area contributed by atoms with Crippen molar-refractivity contribution >= 4 is 28.8 Å². The topological polar surface area (TPSA) is 80.2 Å². The zero-order valence-corrected chi connectivity index (χ0v) is 21.1. The first-order valence-electron chi connectivity index (χ1n) is 11.5. The largest absolute Gasteiger partial charge is 0.466 e. The van der Waals surface area contributed by atoms with Crippen molar-refractivity contribution in [2.45, 2.75) is 33.2 Å². The van der Waals surface area contributed by atoms with Gasteiger partial charge in [-0.1, -0.05) is 55.9 Å². The third-order valence-corrected chi connectivity index (χ3v) is 6.50. The van der Waals surface area contributed by atoms with Crippen molar-refractivity contribution in [2.24, 2.45) is 10.9 Å². The average Bonchev–Trinajstić information content (AvgIpc) is 3.24. The number of allylic oxidation sites excluding steroid dienone is 1. The number of carbonyl (C=O) groups excluding carboxylic acids is 2. The maximum absolute atomic E-state index is 12.9. The lowest BCUT2D eigenvalue weighted by Crippen LogP contribution is -2.38. The Morgan fingerprint density at radius 2 is 1.86 bits per heavy atom. The molecule has 4 rings (SSSR count). The van der Waals surface area contributed by atoms with Crippen molar-refractivity contribution < 1.29 is 19.1 Å². The van der Waals surface area contributed by atoms with Crippen LogP contribution in [0, 0.1) is 5.92 Å². The molecule has 2 aliphatic heterocycles. The van der Waals surface area contributed by atoms with Crippen LogP contribution in [0.15, 0.2) is 82.0 Å². The lowest BCUT2D eigenvalue weighted by atomic mass is 9.93. The van der Waals surface area contributed by atoms with Crippen LogP contribution in [0.25, 0.3) is 0 Å². The van der Waals surface area contributed by atoms with Crippen molar-refractivity contribution in [1.82, 2.24) is 10.2 Å². The molecule has 7 nitrogen and oxygen atoms in total. The van der Waals surface area contributed by atoms with Gasteiger partial charge >= 0.3 is 5.97 Å². The summed E-state index contributed by atoms with van der Waals surface area (Å²) in [6.45, 7) is 6.52. The number of nitrogens with zero attached hydrogens (tertiary/aromatic N) is 2. The number of carbonyl (C=O) groups is 2. The summed E-state index contributed by atoms with van der Waals surface area (Å²) in [6.07, 6.45) is 0.183. The maximum atomic E-state index is 12.9. The van der Waals surface area contributed by atoms with Gasteiger partial charge in [-0.15, -0.1) is 0 Å². The number of amidine groups is 1. The van der Waals surface area contributed by atoms with Crippen LogP contribution in [0.2, 0.25) is 0 Å². The molecule has 1 amide bonds. The lowest BCUT2D eigenvalue weighted by molar-refractivity contribution is -0.136. The highest BCUT2D eigenvalue weighted by Crippen LogP contribution is 2.45. The number of hydrogen-bond donors (Lipinski definition) is 1. The molecule has 0 bridgehead atoms. The smallest absolute Gasteiger partial charge is 0.338 e. The van der Waals surface area contributed by atoms with E-state index < -0.39 is 12.0 Å². The number of nitrogens with one attached hydrogen (secondary N) is 1. The quantitative estimate of drug-likeness (QED) is 0.499. The van der Waals surface area contributed by atoms with Gasteiger partial charge in [0.15, 0.2) is 5.17 Å². The van der Waals surface area contributed by atoms with Gasteiger partial charge in [-0.2, -0.15) is 0 Å². The van der Waals surface area contributed by atoms with Crippen molar-refractivity contribution in [2.75, 3.05) is 13.7 Å². The first kappa shape index (κ1) is 24.6. The van der Waals surface area contributed by atoms with Crippen molar-refractivity contribution in [3.8, 4) is 11.5 Å². The van der Waals surface area contributed by atoms with E-state index in [9.17, 15) is 9.59 Å². The first-order valence-corrected chi connectivity index (χ1v) is 12.4. The fourth-order valence-corrected chi connectivity index (χ4v) is 4.94. The SMILES string of the molecule is COC(=O)C1=C(C)N=C2SC=C(CC(=O)NCC(C)C)N2C1c1cccc(Oc2ccccc2)c1. The first-order chi connectivity index (χ1) is 16.9. The normalized spacial score (nSPS) is 17.1. The van der Waals surface area contributed by atoms with E-state index in [0.29, 0.717) is 29.5 Å². The van der Waals surface area contributed by atoms with E-state index in [2.05, 4.69) is 24.2 Å². The molecule has 0 saturated carbocycles. The van der Waals surface area contributed by atoms with E-state index in [1.807, 2.05) is 71.8 Å². The van der Waals surface area contributed by atoms with Gasteiger partial charge in [0.1, 0.15) is 11.5 Å². The molecule has 1 unspecified atom stereocenters. The molecular weight excluding hydrogens is 462 g/mol. The maximum Gasteiger partial charge on any atom is 0.338 e. The Kier molecular flexibility index (Phi) is 7.60. The van der Waals surface area contributed by atoms with Crippen LogP contribution in [-0.2, 0) is 14.3 Å². The van der Waals surface area contributed by atoms with Crippen molar-refractivity contribution in [3.63, 3.8) is 0 Å². The molecule has 182 valence electrons. The highest BCUT2D eigenvalue weighted by molar-refractivity contribution is 8.16. The summed E-state index contributed by atoms with van der Waals surface area (Å²) in [5.41, 5.74) is 2.64. The van der Waals surface area contributed by atoms with Gasteiger partial charge in [0.2, 0.25) is 5.91 Å². The molecule has 0 radical (unpaired) electrons. The van der Waals surface area contributed by atoms with Crippen LogP contribution in [0.3, 0.4) is 0 Å². The van der Waals surface area contributed by atoms with Gasteiger partial charge in [-0.3, -0.25) is 4.79 Å². The van der Waals surface area contributed by atoms with Crippen LogP contribution in [0.1, 0.15) is 38.8 Å². The molecule has 0 fully saturated rings. The monoisotopic (exact) mass is 491 g/mol. The van der Waals surface area contributed by atoms with Crippen LogP contribution in [0.4, 0.5) is 0 Å². The number of ether oxygens (including phenoxy) is 2. The molecule has 35 heavy (non-hydrogen) atoms. The van der Waals surface area contributed by atoms with E-state index in [0.717, 1.165) is 22.2 Å². The van der Waals surface area contributed by atoms with Crippen molar-refractivity contribution in [1.29, 1.82) is 0 Å². The zero-order valence-electron chi connectivity index (χ0n) is 20.3. The molecule has 1 atom stereocenters. The molecule has 2 aromatic rings. The summed E-state index contributed by atoms with van der Waals surface area (Å²) >= 11 is 1.45. The second-order valence-corrected chi connectivity index (χ2v) is 9.58. The molecular formula is C27H29N3O4S. The number of fused-ring (bicyclic) bond motifs is 1. The Balaban J connectivity index is 1.69. The predicted molar refractivity (Wildman–Crippen MR) is 138 cm³/mol. The number of para-hydroxylation sites is 1. The third kappa shape index (κ3) is 5.59. The number of thioether (sulfide) groups is 1. The Morgan fingerprint density at radius 3 is 2.57 bits per heavy atom. The average molecular weight is 492 g/mol. The molecule has 0 spiro atoms. The number of aliphatic imine (C=N–C) groups is 1. The van der Waals surface area contributed by atoms with E-state index in [1.54, 1.807) is 0 Å². The minimum absolute atomic E-state index is 0.0717. The zero-order chi connectivity index (χ0) is 24.9. The second-order valence-electron chi connectivity index (χ2n) is 8.75. The molecule has 2 aliphatic rings. The summed E-state index contributed by atoms with van der Waals surface area (Å²) in [6, 6.07) is 16.6. The van der Waals surface area contributed by atoms with Crippen LogP contribution >= 0.6 is 11.8 Å². The van der Waals surface area contributed by atoms with Gasteiger partial charge in [-0.25, -0.2) is 9.79 Å². The Bertz CT molecular complexity index is 1200. The number of amides is 1. The number of hydrogen-bond acceptors (Lipinski definition) is 7. The van der Waals surface area contributed by atoms with E-state index in [1.165, 1.54) is 18.9 Å². The summed E-state index contributed by atoms with van der Waals surface area (Å²) < 4.78 is 11.2. The minimum atomic E-state index is -0.506. The molecule has 2 heterocycles. The standard InChI is InChI=1S/C27H29N3O4S/c1-17(2)15-28-23(31)14-20-16-35-27-29-18(3)24(26(32)33-4)25(30(20)27)19-9-8-12-22(13-19)34-21-10-6-5-7-11-21/h5-13,16-17,25H,14-15H2,1-4H3,(H,28,31). The number of benzene rings is 2. The molecule has 8 heteroatoms. The second kappa shape index (κ2) is 10.8. The lowest BCUT2D eigenvalue weighted by Gasteiger charge is -2.36. The van der Waals surface area contributed by atoms with Gasteiger partial charge in [0, 0.05) is 12.2 Å². The van der Waals surface area contributed by atoms with Crippen LogP contribution in [-0.4, -0.2) is 35.6 Å². The van der Waals surface area contributed by atoms with Gasteiger partial charge in [0.05, 0.1) is 30.8 Å². The van der Waals surface area contributed by atoms with E-state index >= 15 is 0 Å². The van der Waals surface area contributed by atoms with Gasteiger partial charge in [0.25, 0.3) is 0 Å². The molecule has 1 N–H and O–H groups in total. The fraction of sp³-hybridized carbons (Fsp3) is 0.296. The third-order valence-electron chi connectivity index (χ3n) is 5.61. The predicted octanol–water partition coefficient (Wildman–Crippen LogP) is 5.39. The summed E-state index contributed by atoms with van der Waals surface area (Å²) in [5, 5.41) is 5.62. The van der Waals surface area contributed by atoms with Crippen LogP contribution < -0.4 is 10.1 Å².